The van der Waals surface area contributed by atoms with E-state index in [1.54, 1.807) is 0 Å². The van der Waals surface area contributed by atoms with Gasteiger partial charge in [-0.3, -0.25) is 4.79 Å². The van der Waals surface area contributed by atoms with Gasteiger partial charge < -0.3 is 4.74 Å². The lowest BCUT2D eigenvalue weighted by molar-refractivity contribution is -0.142. The highest BCUT2D eigenvalue weighted by Gasteiger charge is 2.54. The molecule has 0 saturated heterocycles. The summed E-state index contributed by atoms with van der Waals surface area (Å²) in [5.41, 5.74) is 1.24. The van der Waals surface area contributed by atoms with Crippen LogP contribution in [0.1, 0.15) is 24.8 Å². The van der Waals surface area contributed by atoms with E-state index in [4.69, 9.17) is 4.74 Å². The van der Waals surface area contributed by atoms with Crippen molar-refractivity contribution < 1.29 is 9.53 Å². The smallest absolute Gasteiger partial charge is 0.309 e. The molecule has 1 aromatic carbocycles. The van der Waals surface area contributed by atoms with E-state index in [0.29, 0.717) is 11.8 Å². The maximum Gasteiger partial charge on any atom is 0.309 e. The van der Waals surface area contributed by atoms with Gasteiger partial charge in [-0.1, -0.05) is 41.4 Å². The first kappa shape index (κ1) is 11.6. The highest BCUT2D eigenvalue weighted by molar-refractivity contribution is 9.10. The zero-order valence-electron chi connectivity index (χ0n) is 9.44. The van der Waals surface area contributed by atoms with Crippen molar-refractivity contribution in [1.29, 1.82) is 0 Å². The maximum atomic E-state index is 11.6. The van der Waals surface area contributed by atoms with Crippen molar-refractivity contribution in [1.82, 2.24) is 0 Å². The molecule has 1 aliphatic rings. The Bertz CT molecular complexity index is 385. The van der Waals surface area contributed by atoms with Crippen molar-refractivity contribution in [3.63, 3.8) is 0 Å². The van der Waals surface area contributed by atoms with Gasteiger partial charge in [-0.2, -0.15) is 0 Å². The minimum Gasteiger partial charge on any atom is -0.469 e. The van der Waals surface area contributed by atoms with Gasteiger partial charge in [0.25, 0.3) is 0 Å². The summed E-state index contributed by atoms with van der Waals surface area (Å²) in [6.07, 6.45) is 1.03. The molecule has 0 bridgehead atoms. The summed E-state index contributed by atoms with van der Waals surface area (Å²) in [5.74, 6) is 0.801. The van der Waals surface area contributed by atoms with E-state index in [-0.39, 0.29) is 11.9 Å². The van der Waals surface area contributed by atoms with Gasteiger partial charge >= 0.3 is 5.97 Å². The molecule has 3 heteroatoms. The normalized spacial score (nSPS) is 27.6. The highest BCUT2D eigenvalue weighted by Crippen LogP contribution is 2.56. The van der Waals surface area contributed by atoms with E-state index in [0.717, 1.165) is 10.9 Å². The number of carbonyl (C=O) groups excluding carboxylic acids is 1. The van der Waals surface area contributed by atoms with E-state index in [1.165, 1.54) is 12.7 Å². The van der Waals surface area contributed by atoms with Crippen molar-refractivity contribution in [2.45, 2.75) is 19.3 Å². The molecule has 1 fully saturated rings. The number of hydrogen-bond acceptors (Lipinski definition) is 2. The largest absolute Gasteiger partial charge is 0.469 e. The van der Waals surface area contributed by atoms with Crippen molar-refractivity contribution >= 4 is 21.9 Å². The lowest BCUT2D eigenvalue weighted by Crippen LogP contribution is -2.05. The first-order valence-corrected chi connectivity index (χ1v) is 6.31. The predicted octanol–water partition coefficient (Wildman–Crippen LogP) is 3.36. The van der Waals surface area contributed by atoms with E-state index in [2.05, 4.69) is 35.0 Å². The van der Waals surface area contributed by atoms with Gasteiger partial charge in [0, 0.05) is 10.4 Å². The van der Waals surface area contributed by atoms with Crippen molar-refractivity contribution in [3.05, 3.63) is 34.3 Å². The molecule has 2 rings (SSSR count). The van der Waals surface area contributed by atoms with Gasteiger partial charge in [-0.15, -0.1) is 0 Å². The third-order valence-electron chi connectivity index (χ3n) is 3.37. The van der Waals surface area contributed by atoms with Crippen LogP contribution < -0.4 is 0 Å². The molecule has 16 heavy (non-hydrogen) atoms. The second-order valence-corrected chi connectivity index (χ2v) is 5.11. The summed E-state index contributed by atoms with van der Waals surface area (Å²) in [4.78, 5) is 11.6. The van der Waals surface area contributed by atoms with Crippen LogP contribution in [0, 0.1) is 11.8 Å². The van der Waals surface area contributed by atoms with Crippen molar-refractivity contribution in [3.8, 4) is 0 Å². The maximum absolute atomic E-state index is 11.6. The Morgan fingerprint density at radius 2 is 2.00 bits per heavy atom. The zero-order chi connectivity index (χ0) is 11.7. The molecule has 1 saturated carbocycles. The number of carbonyl (C=O) groups is 1. The third-order valence-corrected chi connectivity index (χ3v) is 3.90. The van der Waals surface area contributed by atoms with Gasteiger partial charge in [0.05, 0.1) is 13.0 Å². The van der Waals surface area contributed by atoms with Crippen LogP contribution in [0.3, 0.4) is 0 Å². The van der Waals surface area contributed by atoms with Crippen LogP contribution in [0.5, 0.6) is 0 Å². The number of ether oxygens (including phenoxy) is 1. The third kappa shape index (κ3) is 2.01. The second kappa shape index (κ2) is 4.58. The molecule has 0 spiro atoms. The highest BCUT2D eigenvalue weighted by atomic mass is 79.9. The first-order valence-electron chi connectivity index (χ1n) is 5.52. The second-order valence-electron chi connectivity index (χ2n) is 4.20. The van der Waals surface area contributed by atoms with Crippen LogP contribution in [-0.4, -0.2) is 13.1 Å². The van der Waals surface area contributed by atoms with Gasteiger partial charge in [0.1, 0.15) is 0 Å². The van der Waals surface area contributed by atoms with E-state index in [9.17, 15) is 4.79 Å². The average molecular weight is 283 g/mol. The molecule has 0 radical (unpaired) electrons. The van der Waals surface area contributed by atoms with E-state index in [1.807, 2.05) is 12.1 Å². The summed E-state index contributed by atoms with van der Waals surface area (Å²) in [6.45, 7) is 2.12. The lowest BCUT2D eigenvalue weighted by atomic mass is 10.1. The summed E-state index contributed by atoms with van der Waals surface area (Å²) < 4.78 is 5.90. The molecule has 3 atom stereocenters. The Hall–Kier alpha value is -0.830. The van der Waals surface area contributed by atoms with Gasteiger partial charge in [0.15, 0.2) is 0 Å². The molecule has 1 aliphatic carbocycles. The molecule has 0 N–H and O–H groups in total. The fourth-order valence-corrected chi connectivity index (χ4v) is 2.74. The Labute approximate surface area is 104 Å². The van der Waals surface area contributed by atoms with Crippen molar-refractivity contribution in [2.75, 3.05) is 7.11 Å². The quantitative estimate of drug-likeness (QED) is 0.795. The molecule has 3 unspecified atom stereocenters. The standard InChI is InChI=1S/C13H15BrO2/c1-3-10-11(12(10)13(15)16-2)8-4-6-9(14)7-5-8/h4-7,10-12H,3H2,1-2H3. The summed E-state index contributed by atoms with van der Waals surface area (Å²) in [6, 6.07) is 8.21. The van der Waals surface area contributed by atoms with Gasteiger partial charge in [-0.05, 0) is 23.6 Å². The molecular weight excluding hydrogens is 268 g/mol. The molecule has 0 heterocycles. The molecular formula is C13H15BrO2. The molecule has 0 amide bonds. The first-order chi connectivity index (χ1) is 7.69. The number of rotatable bonds is 3. The topological polar surface area (TPSA) is 26.3 Å². The Morgan fingerprint density at radius 3 is 2.50 bits per heavy atom. The summed E-state index contributed by atoms with van der Waals surface area (Å²) in [5, 5.41) is 0. The number of benzene rings is 1. The Morgan fingerprint density at radius 1 is 1.38 bits per heavy atom. The minimum atomic E-state index is -0.0697. The van der Waals surface area contributed by atoms with Crippen LogP contribution in [0.15, 0.2) is 28.7 Å². The van der Waals surface area contributed by atoms with Crippen LogP contribution in [0.2, 0.25) is 0 Å². The fraction of sp³-hybridized carbons (Fsp3) is 0.462. The predicted molar refractivity (Wildman–Crippen MR) is 66.2 cm³/mol. The van der Waals surface area contributed by atoms with Crippen molar-refractivity contribution in [2.24, 2.45) is 11.8 Å². The van der Waals surface area contributed by atoms with E-state index >= 15 is 0 Å². The number of methoxy groups -OCH3 is 1. The van der Waals surface area contributed by atoms with Gasteiger partial charge in [-0.25, -0.2) is 0 Å². The monoisotopic (exact) mass is 282 g/mol. The van der Waals surface area contributed by atoms with E-state index < -0.39 is 0 Å². The molecule has 86 valence electrons. The summed E-state index contributed by atoms with van der Waals surface area (Å²) in [7, 11) is 1.46. The average Bonchev–Trinajstić information content (AvgIpc) is 3.03. The minimum absolute atomic E-state index is 0.0659. The number of esters is 1. The van der Waals surface area contributed by atoms with Crippen LogP contribution in [0.25, 0.3) is 0 Å². The molecule has 0 aliphatic heterocycles. The van der Waals surface area contributed by atoms with Crippen LogP contribution in [0.4, 0.5) is 0 Å². The Kier molecular flexibility index (Phi) is 3.33. The zero-order valence-corrected chi connectivity index (χ0v) is 11.0. The molecule has 0 aromatic heterocycles. The van der Waals surface area contributed by atoms with Crippen LogP contribution >= 0.6 is 15.9 Å². The van der Waals surface area contributed by atoms with Crippen LogP contribution in [-0.2, 0) is 9.53 Å². The molecule has 2 nitrogen and oxygen atoms in total. The number of halogens is 1. The SMILES string of the molecule is CCC1C(C(=O)OC)C1c1ccc(Br)cc1. The molecule has 1 aromatic rings. The fourth-order valence-electron chi connectivity index (χ4n) is 2.48. The Balaban J connectivity index is 2.16. The number of hydrogen-bond donors (Lipinski definition) is 0. The summed E-state index contributed by atoms with van der Waals surface area (Å²) >= 11 is 3.41. The van der Waals surface area contributed by atoms with Gasteiger partial charge in [0.2, 0.25) is 0 Å². The lowest BCUT2D eigenvalue weighted by Gasteiger charge is -1.99.